The molecule has 4 heteroatoms. The Hall–Kier alpha value is -2.62. The van der Waals surface area contributed by atoms with E-state index in [0.29, 0.717) is 0 Å². The second-order valence-corrected chi connectivity index (χ2v) is 7.82. The number of hydrogen-bond acceptors (Lipinski definition) is 2. The van der Waals surface area contributed by atoms with Crippen LogP contribution in [-0.4, -0.2) is 36.3 Å². The molecule has 0 bridgehead atoms. The summed E-state index contributed by atoms with van der Waals surface area (Å²) >= 11 is 0. The third kappa shape index (κ3) is 3.48. The molecule has 4 rings (SSSR count). The van der Waals surface area contributed by atoms with E-state index >= 15 is 0 Å². The summed E-state index contributed by atoms with van der Waals surface area (Å²) in [6.07, 6.45) is 3.08. The molecule has 1 saturated heterocycles. The smallest absolute Gasteiger partial charge is 0.253 e. The van der Waals surface area contributed by atoms with Crippen molar-refractivity contribution < 1.29 is 9.59 Å². The van der Waals surface area contributed by atoms with E-state index in [-0.39, 0.29) is 11.8 Å². The molecule has 2 aromatic carbocycles. The van der Waals surface area contributed by atoms with Crippen LogP contribution in [0.3, 0.4) is 0 Å². The van der Waals surface area contributed by atoms with Crippen LogP contribution in [0.25, 0.3) is 11.1 Å². The zero-order valence-corrected chi connectivity index (χ0v) is 16.1. The van der Waals surface area contributed by atoms with Crippen molar-refractivity contribution in [3.63, 3.8) is 0 Å². The summed E-state index contributed by atoms with van der Waals surface area (Å²) in [4.78, 5) is 28.2. The van der Waals surface area contributed by atoms with E-state index in [1.807, 2.05) is 40.1 Å². The zero-order valence-electron chi connectivity index (χ0n) is 16.1. The Morgan fingerprint density at radius 1 is 0.926 bits per heavy atom. The second-order valence-electron chi connectivity index (χ2n) is 7.82. The Morgan fingerprint density at radius 3 is 2.26 bits per heavy atom. The maximum Gasteiger partial charge on any atom is 0.253 e. The second kappa shape index (κ2) is 7.18. The van der Waals surface area contributed by atoms with Crippen LogP contribution in [0.1, 0.15) is 42.6 Å². The Balaban J connectivity index is 1.51. The normalized spacial score (nSPS) is 17.1. The Kier molecular flexibility index (Phi) is 4.73. The van der Waals surface area contributed by atoms with E-state index in [1.54, 1.807) is 6.92 Å². The van der Waals surface area contributed by atoms with Crippen molar-refractivity contribution in [1.82, 2.24) is 4.90 Å². The van der Waals surface area contributed by atoms with Gasteiger partial charge in [-0.2, -0.15) is 0 Å². The van der Waals surface area contributed by atoms with Crippen LogP contribution >= 0.6 is 0 Å². The minimum Gasteiger partial charge on any atom is -0.339 e. The molecule has 27 heavy (non-hydrogen) atoms. The molecular weight excluding hydrogens is 336 g/mol. The molecule has 0 radical (unpaired) electrons. The molecule has 0 N–H and O–H groups in total. The Bertz CT molecular complexity index is 864. The molecule has 2 aromatic rings. The van der Waals surface area contributed by atoms with Crippen LogP contribution in [0.2, 0.25) is 0 Å². The van der Waals surface area contributed by atoms with Gasteiger partial charge >= 0.3 is 0 Å². The molecule has 2 aliphatic rings. The lowest BCUT2D eigenvalue weighted by molar-refractivity contribution is -0.116. The SMILES string of the molecule is CC(=O)N1CCc2cc(-c3ccc(C(=O)N4CCC(C)CC4)cc3)ccc21. The molecule has 0 atom stereocenters. The van der Waals surface area contributed by atoms with Gasteiger partial charge in [-0.3, -0.25) is 9.59 Å². The molecule has 0 unspecified atom stereocenters. The highest BCUT2D eigenvalue weighted by Crippen LogP contribution is 2.32. The van der Waals surface area contributed by atoms with Gasteiger partial charge in [-0.25, -0.2) is 0 Å². The van der Waals surface area contributed by atoms with Gasteiger partial charge in [0.1, 0.15) is 0 Å². The molecule has 140 valence electrons. The predicted molar refractivity (Wildman–Crippen MR) is 108 cm³/mol. The van der Waals surface area contributed by atoms with Crippen molar-refractivity contribution in [3.05, 3.63) is 53.6 Å². The number of nitrogens with zero attached hydrogens (tertiary/aromatic N) is 2. The average molecular weight is 362 g/mol. The fraction of sp³-hybridized carbons (Fsp3) is 0.391. The van der Waals surface area contributed by atoms with Crippen LogP contribution in [0.4, 0.5) is 5.69 Å². The highest BCUT2D eigenvalue weighted by Gasteiger charge is 2.23. The summed E-state index contributed by atoms with van der Waals surface area (Å²) < 4.78 is 0. The van der Waals surface area contributed by atoms with Crippen LogP contribution < -0.4 is 4.90 Å². The number of likely N-dealkylation sites (tertiary alicyclic amines) is 1. The predicted octanol–water partition coefficient (Wildman–Crippen LogP) is 4.13. The molecule has 0 saturated carbocycles. The van der Waals surface area contributed by atoms with Gasteiger partial charge < -0.3 is 9.80 Å². The van der Waals surface area contributed by atoms with E-state index in [2.05, 4.69) is 19.1 Å². The third-order valence-electron chi connectivity index (χ3n) is 5.89. The van der Waals surface area contributed by atoms with E-state index in [4.69, 9.17) is 0 Å². The van der Waals surface area contributed by atoms with Gasteiger partial charge in [0.25, 0.3) is 5.91 Å². The molecule has 4 nitrogen and oxygen atoms in total. The fourth-order valence-corrected chi connectivity index (χ4v) is 4.11. The standard InChI is InChI=1S/C23H26N2O2/c1-16-9-12-24(13-10-16)23(27)19-5-3-18(4-6-19)20-7-8-22-21(15-20)11-14-25(22)17(2)26/h3-8,15-16H,9-14H2,1-2H3. The topological polar surface area (TPSA) is 40.6 Å². The summed E-state index contributed by atoms with van der Waals surface area (Å²) in [5.41, 5.74) is 5.23. The van der Waals surface area contributed by atoms with Crippen molar-refractivity contribution in [3.8, 4) is 11.1 Å². The van der Waals surface area contributed by atoms with Crippen LogP contribution in [-0.2, 0) is 11.2 Å². The first-order valence-electron chi connectivity index (χ1n) is 9.83. The molecule has 2 amide bonds. The summed E-state index contributed by atoms with van der Waals surface area (Å²) in [6.45, 7) is 6.35. The number of amides is 2. The maximum absolute atomic E-state index is 12.7. The molecule has 1 fully saturated rings. The van der Waals surface area contributed by atoms with Crippen molar-refractivity contribution in [1.29, 1.82) is 0 Å². The molecule has 0 aliphatic carbocycles. The Morgan fingerprint density at radius 2 is 1.59 bits per heavy atom. The first-order chi connectivity index (χ1) is 13.0. The monoisotopic (exact) mass is 362 g/mol. The molecular formula is C23H26N2O2. The largest absolute Gasteiger partial charge is 0.339 e. The van der Waals surface area contributed by atoms with E-state index in [0.717, 1.165) is 67.2 Å². The lowest BCUT2D eigenvalue weighted by Crippen LogP contribution is -2.37. The van der Waals surface area contributed by atoms with Gasteiger partial charge in [-0.05, 0) is 66.1 Å². The van der Waals surface area contributed by atoms with Crippen molar-refractivity contribution >= 4 is 17.5 Å². The molecule has 2 heterocycles. The average Bonchev–Trinajstić information content (AvgIpc) is 3.12. The first kappa shape index (κ1) is 17.8. The van der Waals surface area contributed by atoms with E-state index in [9.17, 15) is 9.59 Å². The number of benzene rings is 2. The lowest BCUT2D eigenvalue weighted by Gasteiger charge is -2.30. The number of carbonyl (C=O) groups is 2. The molecule has 2 aliphatic heterocycles. The number of fused-ring (bicyclic) bond motifs is 1. The van der Waals surface area contributed by atoms with Gasteiger partial charge in [0, 0.05) is 37.8 Å². The summed E-state index contributed by atoms with van der Waals surface area (Å²) in [6, 6.07) is 14.2. The van der Waals surface area contributed by atoms with Crippen LogP contribution in [0.15, 0.2) is 42.5 Å². The number of rotatable bonds is 2. The number of carbonyl (C=O) groups excluding carboxylic acids is 2. The number of piperidine rings is 1. The maximum atomic E-state index is 12.7. The third-order valence-corrected chi connectivity index (χ3v) is 5.89. The van der Waals surface area contributed by atoms with Crippen molar-refractivity contribution in [2.45, 2.75) is 33.1 Å². The van der Waals surface area contributed by atoms with E-state index in [1.165, 1.54) is 5.56 Å². The minimum atomic E-state index is 0.0940. The number of anilines is 1. The summed E-state index contributed by atoms with van der Waals surface area (Å²) in [5.74, 6) is 0.950. The van der Waals surface area contributed by atoms with Gasteiger partial charge in [0.15, 0.2) is 0 Å². The van der Waals surface area contributed by atoms with Crippen molar-refractivity contribution in [2.24, 2.45) is 5.92 Å². The quantitative estimate of drug-likeness (QED) is 0.806. The zero-order chi connectivity index (χ0) is 19.0. The minimum absolute atomic E-state index is 0.0940. The van der Waals surface area contributed by atoms with Gasteiger partial charge in [0.2, 0.25) is 5.91 Å². The van der Waals surface area contributed by atoms with Crippen LogP contribution in [0, 0.1) is 5.92 Å². The van der Waals surface area contributed by atoms with E-state index < -0.39 is 0 Å². The number of hydrogen-bond donors (Lipinski definition) is 0. The van der Waals surface area contributed by atoms with Gasteiger partial charge in [-0.1, -0.05) is 25.1 Å². The highest BCUT2D eigenvalue weighted by atomic mass is 16.2. The van der Waals surface area contributed by atoms with Gasteiger partial charge in [0.05, 0.1) is 0 Å². The lowest BCUT2D eigenvalue weighted by atomic mass is 9.97. The summed E-state index contributed by atoms with van der Waals surface area (Å²) in [7, 11) is 0. The highest BCUT2D eigenvalue weighted by molar-refractivity contribution is 5.95. The van der Waals surface area contributed by atoms with Crippen LogP contribution in [0.5, 0.6) is 0 Å². The molecule has 0 aromatic heterocycles. The summed E-state index contributed by atoms with van der Waals surface area (Å²) in [5, 5.41) is 0. The first-order valence-corrected chi connectivity index (χ1v) is 9.83. The fourth-order valence-electron chi connectivity index (χ4n) is 4.11. The van der Waals surface area contributed by atoms with Crippen molar-refractivity contribution in [2.75, 3.05) is 24.5 Å². The Labute approximate surface area is 160 Å². The molecule has 0 spiro atoms. The van der Waals surface area contributed by atoms with Gasteiger partial charge in [-0.15, -0.1) is 0 Å².